The molecule has 1 aromatic heterocycles. The van der Waals surface area contributed by atoms with Crippen LogP contribution in [-0.4, -0.2) is 43.0 Å². The van der Waals surface area contributed by atoms with Crippen molar-refractivity contribution in [3.05, 3.63) is 72.1 Å². The lowest BCUT2D eigenvalue weighted by molar-refractivity contribution is -0.155. The largest absolute Gasteiger partial charge is 0.482 e. The van der Waals surface area contributed by atoms with Crippen molar-refractivity contribution in [3.8, 4) is 5.75 Å². The summed E-state index contributed by atoms with van der Waals surface area (Å²) >= 11 is 0. The molecule has 1 atom stereocenters. The number of ether oxygens (including phenoxy) is 2. The summed E-state index contributed by atoms with van der Waals surface area (Å²) in [5.41, 5.74) is 2.33. The monoisotopic (exact) mass is 484 g/mol. The van der Waals surface area contributed by atoms with Crippen molar-refractivity contribution < 1.29 is 27.5 Å². The number of benzene rings is 2. The summed E-state index contributed by atoms with van der Waals surface area (Å²) in [6.45, 7) is 4.92. The van der Waals surface area contributed by atoms with Crippen molar-refractivity contribution in [2.45, 2.75) is 31.8 Å². The maximum atomic E-state index is 12.4. The molecule has 1 amide bonds. The number of anilines is 2. The van der Waals surface area contributed by atoms with Crippen molar-refractivity contribution in [3.63, 3.8) is 0 Å². The SMILES string of the molecule is Cc1cc(C)cc(OCC(=O)O[C@@H](C)C(=O)Nc2ccc(S(=O)(=O)Nc3ncccn3)cc2)c1. The Labute approximate surface area is 197 Å². The van der Waals surface area contributed by atoms with Crippen LogP contribution in [0.3, 0.4) is 0 Å². The summed E-state index contributed by atoms with van der Waals surface area (Å²) in [5, 5.41) is 2.57. The minimum atomic E-state index is -3.90. The molecule has 0 saturated carbocycles. The Morgan fingerprint density at radius 1 is 1.00 bits per heavy atom. The van der Waals surface area contributed by atoms with Gasteiger partial charge < -0.3 is 14.8 Å². The normalized spacial score (nSPS) is 11.9. The Bertz CT molecular complexity index is 1240. The molecule has 0 aliphatic rings. The van der Waals surface area contributed by atoms with Crippen molar-refractivity contribution in [1.82, 2.24) is 9.97 Å². The number of nitrogens with one attached hydrogen (secondary N) is 2. The third-order valence-electron chi connectivity index (χ3n) is 4.45. The van der Waals surface area contributed by atoms with Crippen LogP contribution in [0.1, 0.15) is 18.1 Å². The summed E-state index contributed by atoms with van der Waals surface area (Å²) in [4.78, 5) is 32.0. The standard InChI is InChI=1S/C23H24N4O6S/c1-15-11-16(2)13-19(12-15)32-14-21(28)33-17(3)22(29)26-18-5-7-20(8-6-18)34(30,31)27-23-24-9-4-10-25-23/h4-13,17H,14H2,1-3H3,(H,26,29)(H,24,25,27)/t17-/m0/s1. The van der Waals surface area contributed by atoms with Crippen LogP contribution < -0.4 is 14.8 Å². The molecule has 178 valence electrons. The molecular formula is C23H24N4O6S. The number of aromatic nitrogens is 2. The van der Waals surface area contributed by atoms with Gasteiger partial charge in [0, 0.05) is 18.1 Å². The van der Waals surface area contributed by atoms with E-state index in [0.29, 0.717) is 11.4 Å². The van der Waals surface area contributed by atoms with Crippen LogP contribution in [0.25, 0.3) is 0 Å². The molecular weight excluding hydrogens is 460 g/mol. The molecule has 2 N–H and O–H groups in total. The minimum absolute atomic E-state index is 0.0408. The molecule has 0 aliphatic heterocycles. The van der Waals surface area contributed by atoms with Gasteiger partial charge >= 0.3 is 5.97 Å². The molecule has 1 heterocycles. The molecule has 0 bridgehead atoms. The summed E-state index contributed by atoms with van der Waals surface area (Å²) in [5.74, 6) is -0.796. The number of hydrogen-bond acceptors (Lipinski definition) is 8. The van der Waals surface area contributed by atoms with Crippen molar-refractivity contribution in [2.75, 3.05) is 16.6 Å². The first kappa shape index (κ1) is 24.6. The van der Waals surface area contributed by atoms with Crippen molar-refractivity contribution in [2.24, 2.45) is 0 Å². The summed E-state index contributed by atoms with van der Waals surface area (Å²) in [6, 6.07) is 12.6. The highest BCUT2D eigenvalue weighted by atomic mass is 32.2. The second-order valence-corrected chi connectivity index (χ2v) is 9.12. The fraction of sp³-hybridized carbons (Fsp3) is 0.217. The molecule has 0 aliphatic carbocycles. The molecule has 3 rings (SSSR count). The van der Waals surface area contributed by atoms with Gasteiger partial charge in [0.25, 0.3) is 15.9 Å². The molecule has 11 heteroatoms. The highest BCUT2D eigenvalue weighted by Crippen LogP contribution is 2.18. The van der Waals surface area contributed by atoms with E-state index < -0.39 is 28.0 Å². The molecule has 0 radical (unpaired) electrons. The van der Waals surface area contributed by atoms with Gasteiger partial charge in [-0.2, -0.15) is 0 Å². The average Bonchev–Trinajstić information content (AvgIpc) is 2.78. The van der Waals surface area contributed by atoms with Gasteiger partial charge in [0.05, 0.1) is 4.90 Å². The van der Waals surface area contributed by atoms with Gasteiger partial charge in [-0.25, -0.2) is 27.9 Å². The molecule has 2 aromatic carbocycles. The third-order valence-corrected chi connectivity index (χ3v) is 5.80. The number of sulfonamides is 1. The number of carbonyl (C=O) groups excluding carboxylic acids is 2. The Kier molecular flexibility index (Phi) is 7.79. The Morgan fingerprint density at radius 2 is 1.62 bits per heavy atom. The second kappa shape index (κ2) is 10.8. The number of rotatable bonds is 9. The third kappa shape index (κ3) is 7.01. The first-order valence-corrected chi connectivity index (χ1v) is 11.7. The van der Waals surface area contributed by atoms with Crippen molar-refractivity contribution in [1.29, 1.82) is 0 Å². The molecule has 34 heavy (non-hydrogen) atoms. The number of esters is 1. The van der Waals surface area contributed by atoms with E-state index in [1.165, 1.54) is 43.6 Å². The van der Waals surface area contributed by atoms with Crippen LogP contribution >= 0.6 is 0 Å². The predicted octanol–water partition coefficient (Wildman–Crippen LogP) is 2.84. The zero-order valence-electron chi connectivity index (χ0n) is 18.8. The Hall–Kier alpha value is -3.99. The highest BCUT2D eigenvalue weighted by molar-refractivity contribution is 7.92. The van der Waals surface area contributed by atoms with Crippen LogP contribution in [0.5, 0.6) is 5.75 Å². The van der Waals surface area contributed by atoms with E-state index in [1.807, 2.05) is 19.9 Å². The van der Waals surface area contributed by atoms with Gasteiger partial charge in [0.2, 0.25) is 5.95 Å². The molecule has 3 aromatic rings. The van der Waals surface area contributed by atoms with Gasteiger partial charge in [-0.05, 0) is 74.4 Å². The van der Waals surface area contributed by atoms with E-state index in [2.05, 4.69) is 20.0 Å². The zero-order valence-corrected chi connectivity index (χ0v) is 19.6. The van der Waals surface area contributed by atoms with Crippen molar-refractivity contribution >= 4 is 33.5 Å². The predicted molar refractivity (Wildman–Crippen MR) is 125 cm³/mol. The number of amides is 1. The number of nitrogens with zero attached hydrogens (tertiary/aromatic N) is 2. The molecule has 0 fully saturated rings. The highest BCUT2D eigenvalue weighted by Gasteiger charge is 2.20. The zero-order chi connectivity index (χ0) is 24.7. The van der Waals surface area contributed by atoms with Gasteiger partial charge in [-0.15, -0.1) is 0 Å². The van der Waals surface area contributed by atoms with E-state index in [0.717, 1.165) is 11.1 Å². The number of aryl methyl sites for hydroxylation is 2. The smallest absolute Gasteiger partial charge is 0.344 e. The van der Waals surface area contributed by atoms with Crippen LogP contribution in [0.2, 0.25) is 0 Å². The second-order valence-electron chi connectivity index (χ2n) is 7.44. The summed E-state index contributed by atoms with van der Waals surface area (Å²) in [6.07, 6.45) is 1.73. The molecule has 0 saturated heterocycles. The fourth-order valence-corrected chi connectivity index (χ4v) is 3.89. The van der Waals surface area contributed by atoms with Gasteiger partial charge in [-0.1, -0.05) is 6.07 Å². The van der Waals surface area contributed by atoms with E-state index in [-0.39, 0.29) is 17.5 Å². The van der Waals surface area contributed by atoms with E-state index in [1.54, 1.807) is 18.2 Å². The van der Waals surface area contributed by atoms with E-state index >= 15 is 0 Å². The summed E-state index contributed by atoms with van der Waals surface area (Å²) in [7, 11) is -3.90. The fourth-order valence-electron chi connectivity index (χ4n) is 2.94. The molecule has 0 spiro atoms. The average molecular weight is 485 g/mol. The number of hydrogen-bond donors (Lipinski definition) is 2. The quantitative estimate of drug-likeness (QED) is 0.443. The van der Waals surface area contributed by atoms with E-state index in [9.17, 15) is 18.0 Å². The topological polar surface area (TPSA) is 137 Å². The van der Waals surface area contributed by atoms with Crippen LogP contribution in [0.15, 0.2) is 65.8 Å². The maximum Gasteiger partial charge on any atom is 0.344 e. The van der Waals surface area contributed by atoms with Gasteiger partial charge in [0.1, 0.15) is 5.75 Å². The molecule has 10 nitrogen and oxygen atoms in total. The molecule has 0 unspecified atom stereocenters. The lowest BCUT2D eigenvalue weighted by Crippen LogP contribution is -2.31. The van der Waals surface area contributed by atoms with Gasteiger partial charge in [0.15, 0.2) is 12.7 Å². The van der Waals surface area contributed by atoms with Crippen LogP contribution in [0.4, 0.5) is 11.6 Å². The van der Waals surface area contributed by atoms with Gasteiger partial charge in [-0.3, -0.25) is 4.79 Å². The van der Waals surface area contributed by atoms with E-state index in [4.69, 9.17) is 9.47 Å². The summed E-state index contributed by atoms with van der Waals surface area (Å²) < 4.78 is 37.6. The lowest BCUT2D eigenvalue weighted by atomic mass is 10.1. The Balaban J connectivity index is 1.51. The van der Waals surface area contributed by atoms with Crippen LogP contribution in [0, 0.1) is 13.8 Å². The maximum absolute atomic E-state index is 12.4. The minimum Gasteiger partial charge on any atom is -0.482 e. The lowest BCUT2D eigenvalue weighted by Gasteiger charge is -2.14. The first-order valence-electron chi connectivity index (χ1n) is 10.2. The Morgan fingerprint density at radius 3 is 2.24 bits per heavy atom. The first-order chi connectivity index (χ1) is 16.1. The van der Waals surface area contributed by atoms with Crippen LogP contribution in [-0.2, 0) is 24.3 Å². The number of carbonyl (C=O) groups is 2.